The maximum absolute atomic E-state index is 11.9. The normalized spacial score (nSPS) is 30.1. The average Bonchev–Trinajstić information content (AvgIpc) is 2.62. The molecule has 0 amide bonds. The largest absolute Gasteiger partial charge is 0.503 e. The zero-order chi connectivity index (χ0) is 17.0. The second kappa shape index (κ2) is 5.37. The molecule has 4 heteroatoms. The third kappa shape index (κ3) is 3.18. The van der Waals surface area contributed by atoms with Crippen LogP contribution in [0.15, 0.2) is 17.1 Å². The van der Waals surface area contributed by atoms with Gasteiger partial charge in [-0.15, -0.1) is 0 Å². The highest BCUT2D eigenvalue weighted by Gasteiger charge is 2.49. The Kier molecular flexibility index (Phi) is 3.87. The van der Waals surface area contributed by atoms with Crippen molar-refractivity contribution >= 4 is 0 Å². The van der Waals surface area contributed by atoms with Crippen molar-refractivity contribution in [2.45, 2.75) is 72.5 Å². The van der Waals surface area contributed by atoms with Crippen molar-refractivity contribution < 1.29 is 5.11 Å². The lowest BCUT2D eigenvalue weighted by Gasteiger charge is -2.40. The first kappa shape index (κ1) is 16.6. The van der Waals surface area contributed by atoms with Crippen LogP contribution in [0.5, 0.6) is 5.75 Å². The van der Waals surface area contributed by atoms with E-state index in [1.807, 2.05) is 4.57 Å². The third-order valence-electron chi connectivity index (χ3n) is 5.59. The molecule has 0 aromatic carbocycles. The minimum Gasteiger partial charge on any atom is -0.503 e. The molecule has 1 aliphatic heterocycles. The van der Waals surface area contributed by atoms with Gasteiger partial charge in [0.15, 0.2) is 5.75 Å². The molecular formula is C19H30N2O2. The predicted molar refractivity (Wildman–Crippen MR) is 92.7 cm³/mol. The Balaban J connectivity index is 1.89. The smallest absolute Gasteiger partial charge is 0.223 e. The quantitative estimate of drug-likeness (QED) is 0.927. The van der Waals surface area contributed by atoms with Gasteiger partial charge in [-0.1, -0.05) is 20.8 Å². The van der Waals surface area contributed by atoms with Crippen LogP contribution < -0.4 is 5.43 Å². The molecule has 1 aromatic rings. The van der Waals surface area contributed by atoms with E-state index < -0.39 is 0 Å². The summed E-state index contributed by atoms with van der Waals surface area (Å²) < 4.78 is 2.03. The molecule has 1 aromatic heterocycles. The van der Waals surface area contributed by atoms with Crippen LogP contribution in [0.2, 0.25) is 0 Å². The molecule has 2 heterocycles. The van der Waals surface area contributed by atoms with Gasteiger partial charge in [-0.25, -0.2) is 0 Å². The monoisotopic (exact) mass is 318 g/mol. The van der Waals surface area contributed by atoms with Gasteiger partial charge in [0.2, 0.25) is 5.43 Å². The molecule has 2 bridgehead atoms. The van der Waals surface area contributed by atoms with Crippen molar-refractivity contribution in [3.63, 3.8) is 0 Å². The lowest BCUT2D eigenvalue weighted by Crippen LogP contribution is -2.35. The highest BCUT2D eigenvalue weighted by atomic mass is 16.3. The molecular weight excluding hydrogens is 288 g/mol. The zero-order valence-corrected chi connectivity index (χ0v) is 15.1. The molecule has 0 spiro atoms. The number of likely N-dealkylation sites (tertiary alicyclic amines) is 1. The number of pyridine rings is 1. The minimum atomic E-state index is -0.273. The Labute approximate surface area is 139 Å². The highest BCUT2D eigenvalue weighted by molar-refractivity contribution is 5.21. The molecule has 1 saturated carbocycles. The number of rotatable bonds is 3. The topological polar surface area (TPSA) is 45.5 Å². The fourth-order valence-corrected chi connectivity index (χ4v) is 5.16. The van der Waals surface area contributed by atoms with Crippen molar-refractivity contribution in [2.24, 2.45) is 10.8 Å². The van der Waals surface area contributed by atoms with Crippen LogP contribution in [0.1, 0.15) is 65.6 Å². The third-order valence-corrected chi connectivity index (χ3v) is 5.59. The van der Waals surface area contributed by atoms with Crippen LogP contribution in [0.3, 0.4) is 0 Å². The van der Waals surface area contributed by atoms with E-state index >= 15 is 0 Å². The van der Waals surface area contributed by atoms with Gasteiger partial charge in [-0.05, 0) is 43.9 Å². The van der Waals surface area contributed by atoms with E-state index in [1.54, 1.807) is 12.3 Å². The first-order valence-electron chi connectivity index (χ1n) is 8.77. The second-order valence-corrected chi connectivity index (χ2v) is 9.13. The molecule has 2 atom stereocenters. The maximum Gasteiger partial charge on any atom is 0.223 e. The lowest BCUT2D eigenvalue weighted by atomic mass is 9.65. The van der Waals surface area contributed by atoms with Gasteiger partial charge < -0.3 is 9.67 Å². The molecule has 3 rings (SSSR count). The summed E-state index contributed by atoms with van der Waals surface area (Å²) in [5.41, 5.74) is 1.54. The van der Waals surface area contributed by atoms with Crippen LogP contribution in [0.25, 0.3) is 0 Å². The van der Waals surface area contributed by atoms with E-state index in [2.05, 4.69) is 39.5 Å². The summed E-state index contributed by atoms with van der Waals surface area (Å²) in [6.07, 6.45) is 5.36. The molecule has 2 aliphatic rings. The van der Waals surface area contributed by atoms with Gasteiger partial charge in [0.05, 0.1) is 6.20 Å². The molecule has 1 N–H and O–H groups in total. The zero-order valence-electron chi connectivity index (χ0n) is 15.1. The van der Waals surface area contributed by atoms with Gasteiger partial charge in [-0.2, -0.15) is 0 Å². The summed E-state index contributed by atoms with van der Waals surface area (Å²) in [4.78, 5) is 14.5. The molecule has 0 radical (unpaired) electrons. The number of fused-ring (bicyclic) bond motifs is 2. The lowest BCUT2D eigenvalue weighted by molar-refractivity contribution is 0.126. The number of hydrogen-bond acceptors (Lipinski definition) is 3. The molecule has 1 saturated heterocycles. The Bertz CT molecular complexity index is 662. The van der Waals surface area contributed by atoms with Crippen molar-refractivity contribution in [3.05, 3.63) is 28.2 Å². The maximum atomic E-state index is 11.9. The van der Waals surface area contributed by atoms with E-state index in [1.165, 1.54) is 19.3 Å². The number of hydrogen-bond donors (Lipinski definition) is 1. The van der Waals surface area contributed by atoms with E-state index in [0.717, 1.165) is 18.8 Å². The standard InChI is InChI=1S/C19H30N2O2/c1-13(2)21-10-17(23)16(22)6-14(21)9-20-12-19(5)8-15(20)7-18(3,4)11-19/h6,10,13,15,23H,7-9,11-12H2,1-5H3. The molecule has 23 heavy (non-hydrogen) atoms. The fraction of sp³-hybridized carbons (Fsp3) is 0.737. The van der Waals surface area contributed by atoms with Crippen LogP contribution >= 0.6 is 0 Å². The van der Waals surface area contributed by atoms with E-state index in [4.69, 9.17) is 0 Å². The van der Waals surface area contributed by atoms with Crippen LogP contribution in [0.4, 0.5) is 0 Å². The minimum absolute atomic E-state index is 0.157. The Morgan fingerprint density at radius 2 is 2.00 bits per heavy atom. The summed E-state index contributed by atoms with van der Waals surface area (Å²) in [6.45, 7) is 13.2. The van der Waals surface area contributed by atoms with Gasteiger partial charge in [-0.3, -0.25) is 9.69 Å². The number of aromatic hydroxyl groups is 1. The van der Waals surface area contributed by atoms with Gasteiger partial charge >= 0.3 is 0 Å². The SMILES string of the molecule is CC(C)n1cc(O)c(=O)cc1CN1CC2(C)CC1CC(C)(C)C2. The van der Waals surface area contributed by atoms with Crippen molar-refractivity contribution in [1.82, 2.24) is 9.47 Å². The first-order chi connectivity index (χ1) is 10.6. The van der Waals surface area contributed by atoms with E-state index in [9.17, 15) is 9.90 Å². The van der Waals surface area contributed by atoms with Crippen LogP contribution in [-0.4, -0.2) is 27.2 Å². The Morgan fingerprint density at radius 3 is 2.65 bits per heavy atom. The van der Waals surface area contributed by atoms with Crippen LogP contribution in [0, 0.1) is 10.8 Å². The van der Waals surface area contributed by atoms with E-state index in [0.29, 0.717) is 16.9 Å². The van der Waals surface area contributed by atoms with Gasteiger partial charge in [0.1, 0.15) is 0 Å². The molecule has 2 unspecified atom stereocenters. The van der Waals surface area contributed by atoms with Gasteiger partial charge in [0.25, 0.3) is 0 Å². The van der Waals surface area contributed by atoms with Crippen molar-refractivity contribution in [2.75, 3.05) is 6.54 Å². The summed E-state index contributed by atoms with van der Waals surface area (Å²) in [7, 11) is 0. The van der Waals surface area contributed by atoms with Crippen molar-refractivity contribution in [1.29, 1.82) is 0 Å². The summed E-state index contributed by atoms with van der Waals surface area (Å²) in [5.74, 6) is -0.157. The van der Waals surface area contributed by atoms with Crippen LogP contribution in [-0.2, 0) is 6.54 Å². The van der Waals surface area contributed by atoms with Gasteiger partial charge in [0, 0.05) is 36.9 Å². The summed E-state index contributed by atoms with van der Waals surface area (Å²) >= 11 is 0. The molecule has 2 fully saturated rings. The highest BCUT2D eigenvalue weighted by Crippen LogP contribution is 2.52. The molecule has 4 nitrogen and oxygen atoms in total. The first-order valence-corrected chi connectivity index (χ1v) is 8.77. The number of aromatic nitrogens is 1. The summed E-state index contributed by atoms with van der Waals surface area (Å²) in [6, 6.07) is 2.45. The second-order valence-electron chi connectivity index (χ2n) is 9.13. The predicted octanol–water partition coefficient (Wildman–Crippen LogP) is 3.54. The van der Waals surface area contributed by atoms with Crippen molar-refractivity contribution in [3.8, 4) is 5.75 Å². The molecule has 128 valence electrons. The molecule has 1 aliphatic carbocycles. The Hall–Kier alpha value is -1.29. The average molecular weight is 318 g/mol. The Morgan fingerprint density at radius 1 is 1.30 bits per heavy atom. The summed E-state index contributed by atoms with van der Waals surface area (Å²) in [5, 5.41) is 9.75. The number of nitrogens with zero attached hydrogens (tertiary/aromatic N) is 2. The fourth-order valence-electron chi connectivity index (χ4n) is 5.16. The van der Waals surface area contributed by atoms with E-state index in [-0.39, 0.29) is 17.2 Å².